The van der Waals surface area contributed by atoms with E-state index in [4.69, 9.17) is 0 Å². The summed E-state index contributed by atoms with van der Waals surface area (Å²) in [5.74, 6) is -0.626. The number of piperidine rings is 1. The normalized spacial score (nSPS) is 17.2. The van der Waals surface area contributed by atoms with Gasteiger partial charge in [0.2, 0.25) is 5.91 Å². The number of H-pyrrole nitrogens is 1. The van der Waals surface area contributed by atoms with Crippen LogP contribution in [0.4, 0.5) is 24.5 Å². The van der Waals surface area contributed by atoms with Crippen molar-refractivity contribution in [3.05, 3.63) is 46.9 Å². The van der Waals surface area contributed by atoms with Gasteiger partial charge in [0.05, 0.1) is 11.9 Å². The molecule has 1 amide bonds. The standard InChI is InChI=1S/C18H19F3N4O3/c19-18(20,21)28-15-5-1-4-13(8-15)23-16(26)7-12-3-2-6-25(11-12)14-9-17(27)24-22-10-14/h1,4-5,8-10,12H,2-3,6-7,11H2,(H,23,26)(H,24,27). The third kappa shape index (κ3) is 5.73. The van der Waals surface area contributed by atoms with E-state index in [-0.39, 0.29) is 29.5 Å². The molecular formula is C18H19F3N4O3. The zero-order valence-corrected chi connectivity index (χ0v) is 14.8. The second-order valence-electron chi connectivity index (χ2n) is 6.59. The van der Waals surface area contributed by atoms with Gasteiger partial charge in [0.1, 0.15) is 5.75 Å². The van der Waals surface area contributed by atoms with Gasteiger partial charge in [0.15, 0.2) is 0 Å². The van der Waals surface area contributed by atoms with E-state index in [0.717, 1.165) is 31.5 Å². The predicted octanol–water partition coefficient (Wildman–Crippen LogP) is 2.91. The molecule has 10 heteroatoms. The summed E-state index contributed by atoms with van der Waals surface area (Å²) in [7, 11) is 0. The topological polar surface area (TPSA) is 87.3 Å². The van der Waals surface area contributed by atoms with E-state index in [0.29, 0.717) is 12.2 Å². The summed E-state index contributed by atoms with van der Waals surface area (Å²) < 4.78 is 40.8. The summed E-state index contributed by atoms with van der Waals surface area (Å²) >= 11 is 0. The minimum absolute atomic E-state index is 0.0580. The highest BCUT2D eigenvalue weighted by molar-refractivity contribution is 5.91. The average Bonchev–Trinajstić information content (AvgIpc) is 2.60. The fourth-order valence-corrected chi connectivity index (χ4v) is 3.25. The van der Waals surface area contributed by atoms with Gasteiger partial charge in [-0.3, -0.25) is 9.59 Å². The van der Waals surface area contributed by atoms with Crippen LogP contribution in [0.1, 0.15) is 19.3 Å². The second-order valence-corrected chi connectivity index (χ2v) is 6.59. The Labute approximate surface area is 158 Å². The molecule has 2 N–H and O–H groups in total. The Balaban J connectivity index is 1.57. The zero-order valence-electron chi connectivity index (χ0n) is 14.8. The van der Waals surface area contributed by atoms with Crippen LogP contribution in [-0.2, 0) is 4.79 Å². The van der Waals surface area contributed by atoms with Crippen molar-refractivity contribution in [1.29, 1.82) is 0 Å². The lowest BCUT2D eigenvalue weighted by Crippen LogP contribution is -2.37. The number of ether oxygens (including phenoxy) is 1. The van der Waals surface area contributed by atoms with Gasteiger partial charge < -0.3 is 15.0 Å². The number of hydrogen-bond donors (Lipinski definition) is 2. The van der Waals surface area contributed by atoms with E-state index in [9.17, 15) is 22.8 Å². The highest BCUT2D eigenvalue weighted by atomic mass is 19.4. The summed E-state index contributed by atoms with van der Waals surface area (Å²) in [6, 6.07) is 6.62. The zero-order chi connectivity index (χ0) is 20.1. The molecule has 0 radical (unpaired) electrons. The van der Waals surface area contributed by atoms with Crippen molar-refractivity contribution in [3.63, 3.8) is 0 Å². The van der Waals surface area contributed by atoms with Crippen molar-refractivity contribution in [2.24, 2.45) is 5.92 Å². The van der Waals surface area contributed by atoms with Crippen molar-refractivity contribution in [2.45, 2.75) is 25.6 Å². The van der Waals surface area contributed by atoms with Gasteiger partial charge in [-0.1, -0.05) is 6.07 Å². The van der Waals surface area contributed by atoms with Crippen LogP contribution < -0.4 is 20.5 Å². The number of carbonyl (C=O) groups is 1. The molecule has 7 nitrogen and oxygen atoms in total. The molecule has 3 rings (SSSR count). The first-order valence-electron chi connectivity index (χ1n) is 8.74. The van der Waals surface area contributed by atoms with Gasteiger partial charge in [-0.25, -0.2) is 5.10 Å². The highest BCUT2D eigenvalue weighted by Gasteiger charge is 2.31. The van der Waals surface area contributed by atoms with Gasteiger partial charge in [-0.05, 0) is 30.9 Å². The Hall–Kier alpha value is -3.04. The molecule has 2 heterocycles. The molecule has 1 aromatic carbocycles. The molecule has 150 valence electrons. The van der Waals surface area contributed by atoms with Crippen molar-refractivity contribution < 1.29 is 22.7 Å². The van der Waals surface area contributed by atoms with Gasteiger partial charge >= 0.3 is 6.36 Å². The van der Waals surface area contributed by atoms with E-state index in [1.807, 2.05) is 4.90 Å². The highest BCUT2D eigenvalue weighted by Crippen LogP contribution is 2.26. The fraction of sp³-hybridized carbons (Fsp3) is 0.389. The van der Waals surface area contributed by atoms with Crippen LogP contribution in [0.3, 0.4) is 0 Å². The number of halogens is 3. The predicted molar refractivity (Wildman–Crippen MR) is 96.2 cm³/mol. The number of hydrogen-bond acceptors (Lipinski definition) is 5. The second kappa shape index (κ2) is 8.32. The number of nitrogens with zero attached hydrogens (tertiary/aromatic N) is 2. The number of alkyl halides is 3. The maximum absolute atomic E-state index is 12.3. The molecule has 1 aromatic heterocycles. The summed E-state index contributed by atoms with van der Waals surface area (Å²) in [5, 5.41) is 8.71. The number of anilines is 2. The first kappa shape index (κ1) is 19.7. The number of amides is 1. The summed E-state index contributed by atoms with van der Waals surface area (Å²) in [5.41, 5.74) is 0.641. The third-order valence-corrected chi connectivity index (χ3v) is 4.36. The quantitative estimate of drug-likeness (QED) is 0.812. The molecule has 1 aliphatic heterocycles. The van der Waals surface area contributed by atoms with Crippen molar-refractivity contribution in [3.8, 4) is 5.75 Å². The number of aromatic nitrogens is 2. The van der Waals surface area contributed by atoms with Gasteiger partial charge in [0.25, 0.3) is 5.56 Å². The Bertz CT molecular complexity index is 885. The molecule has 1 fully saturated rings. The Morgan fingerprint density at radius 2 is 2.18 bits per heavy atom. The number of aromatic amines is 1. The molecule has 2 aromatic rings. The fourth-order valence-electron chi connectivity index (χ4n) is 3.25. The van der Waals surface area contributed by atoms with Crippen LogP contribution in [0.2, 0.25) is 0 Å². The van der Waals surface area contributed by atoms with E-state index in [2.05, 4.69) is 20.3 Å². The van der Waals surface area contributed by atoms with E-state index >= 15 is 0 Å². The number of benzene rings is 1. The summed E-state index contributed by atoms with van der Waals surface area (Å²) in [4.78, 5) is 25.7. The largest absolute Gasteiger partial charge is 0.573 e. The molecule has 0 bridgehead atoms. The van der Waals surface area contributed by atoms with E-state index in [1.54, 1.807) is 6.20 Å². The van der Waals surface area contributed by atoms with Crippen LogP contribution in [0.25, 0.3) is 0 Å². The van der Waals surface area contributed by atoms with Gasteiger partial charge in [-0.15, -0.1) is 13.2 Å². The molecule has 1 unspecified atom stereocenters. The Morgan fingerprint density at radius 3 is 2.93 bits per heavy atom. The summed E-state index contributed by atoms with van der Waals surface area (Å²) in [6.45, 7) is 1.36. The van der Waals surface area contributed by atoms with Crippen LogP contribution >= 0.6 is 0 Å². The monoisotopic (exact) mass is 396 g/mol. The molecular weight excluding hydrogens is 377 g/mol. The lowest BCUT2D eigenvalue weighted by Gasteiger charge is -2.33. The third-order valence-electron chi connectivity index (χ3n) is 4.36. The number of nitrogens with one attached hydrogen (secondary N) is 2. The minimum Gasteiger partial charge on any atom is -0.406 e. The van der Waals surface area contributed by atoms with Crippen molar-refractivity contribution in [2.75, 3.05) is 23.3 Å². The van der Waals surface area contributed by atoms with Crippen LogP contribution in [0.5, 0.6) is 5.75 Å². The van der Waals surface area contributed by atoms with Crippen LogP contribution in [0.15, 0.2) is 41.3 Å². The molecule has 1 atom stereocenters. The molecule has 1 aliphatic rings. The van der Waals surface area contributed by atoms with Crippen molar-refractivity contribution >= 4 is 17.3 Å². The van der Waals surface area contributed by atoms with Gasteiger partial charge in [0, 0.05) is 37.3 Å². The lowest BCUT2D eigenvalue weighted by atomic mass is 9.94. The molecule has 0 spiro atoms. The maximum Gasteiger partial charge on any atom is 0.573 e. The van der Waals surface area contributed by atoms with Crippen LogP contribution in [-0.4, -0.2) is 35.6 Å². The number of rotatable bonds is 5. The Morgan fingerprint density at radius 1 is 1.36 bits per heavy atom. The first-order valence-corrected chi connectivity index (χ1v) is 8.74. The molecule has 0 saturated carbocycles. The maximum atomic E-state index is 12.3. The minimum atomic E-state index is -4.79. The van der Waals surface area contributed by atoms with Crippen LogP contribution in [0, 0.1) is 5.92 Å². The van der Waals surface area contributed by atoms with E-state index < -0.39 is 12.1 Å². The smallest absolute Gasteiger partial charge is 0.406 e. The average molecular weight is 396 g/mol. The molecule has 0 aliphatic carbocycles. The Kier molecular flexibility index (Phi) is 5.86. The van der Waals surface area contributed by atoms with Gasteiger partial charge in [-0.2, -0.15) is 5.10 Å². The number of carbonyl (C=O) groups excluding carboxylic acids is 1. The van der Waals surface area contributed by atoms with Crippen molar-refractivity contribution in [1.82, 2.24) is 10.2 Å². The first-order chi connectivity index (χ1) is 13.3. The lowest BCUT2D eigenvalue weighted by molar-refractivity contribution is -0.274. The molecule has 1 saturated heterocycles. The molecule has 28 heavy (non-hydrogen) atoms. The SMILES string of the molecule is O=C(CC1CCCN(c2cn[nH]c(=O)c2)C1)Nc1cccc(OC(F)(F)F)c1. The summed E-state index contributed by atoms with van der Waals surface area (Å²) in [6.07, 6.45) is -1.30. The van der Waals surface area contributed by atoms with E-state index in [1.165, 1.54) is 18.2 Å².